The van der Waals surface area contributed by atoms with E-state index in [0.29, 0.717) is 12.6 Å². The van der Waals surface area contributed by atoms with Crippen LogP contribution < -0.4 is 5.73 Å². The average Bonchev–Trinajstić information content (AvgIpc) is 2.77. The molecule has 18 heavy (non-hydrogen) atoms. The van der Waals surface area contributed by atoms with Gasteiger partial charge in [-0.2, -0.15) is 5.10 Å². The van der Waals surface area contributed by atoms with Crippen molar-refractivity contribution < 1.29 is 4.74 Å². The largest absolute Gasteiger partial charge is 0.369 e. The fourth-order valence-corrected chi connectivity index (χ4v) is 2.73. The number of nitrogens with zero attached hydrogens (tertiary/aromatic N) is 2. The molecular formula is C14H25N3O. The van der Waals surface area contributed by atoms with Crippen molar-refractivity contribution in [3.8, 4) is 0 Å². The molecule has 0 aromatic carbocycles. The molecule has 1 fully saturated rings. The Bertz CT molecular complexity index is 377. The van der Waals surface area contributed by atoms with Crippen LogP contribution in [-0.2, 0) is 11.8 Å². The molecule has 0 radical (unpaired) electrons. The van der Waals surface area contributed by atoms with Gasteiger partial charge < -0.3 is 10.5 Å². The number of aryl methyl sites for hydroxylation is 1. The molecule has 1 aromatic rings. The van der Waals surface area contributed by atoms with Crippen LogP contribution in [0.2, 0.25) is 0 Å². The fraction of sp³-hybridized carbons (Fsp3) is 0.786. The van der Waals surface area contributed by atoms with Gasteiger partial charge in [-0.25, -0.2) is 0 Å². The van der Waals surface area contributed by atoms with Gasteiger partial charge in [0.15, 0.2) is 0 Å². The highest BCUT2D eigenvalue weighted by atomic mass is 16.5. The third-order valence-electron chi connectivity index (χ3n) is 4.22. The highest BCUT2D eigenvalue weighted by Crippen LogP contribution is 2.33. The predicted octanol–water partition coefficient (Wildman–Crippen LogP) is 2.26. The van der Waals surface area contributed by atoms with E-state index in [1.54, 1.807) is 4.68 Å². The smallest absolute Gasteiger partial charge is 0.0981 e. The minimum Gasteiger partial charge on any atom is -0.369 e. The summed E-state index contributed by atoms with van der Waals surface area (Å²) in [5.41, 5.74) is 6.92. The van der Waals surface area contributed by atoms with Crippen LogP contribution in [0.4, 0.5) is 0 Å². The van der Waals surface area contributed by atoms with Crippen LogP contribution in [0, 0.1) is 11.8 Å². The van der Waals surface area contributed by atoms with E-state index in [-0.39, 0.29) is 6.10 Å². The summed E-state index contributed by atoms with van der Waals surface area (Å²) < 4.78 is 7.98. The van der Waals surface area contributed by atoms with Gasteiger partial charge in [-0.3, -0.25) is 4.68 Å². The molecule has 4 unspecified atom stereocenters. The van der Waals surface area contributed by atoms with Gasteiger partial charge in [0.25, 0.3) is 0 Å². The second-order valence-corrected chi connectivity index (χ2v) is 5.70. The zero-order chi connectivity index (χ0) is 13.1. The number of ether oxygens (including phenoxy) is 1. The topological polar surface area (TPSA) is 53.1 Å². The molecule has 4 atom stereocenters. The monoisotopic (exact) mass is 251 g/mol. The predicted molar refractivity (Wildman–Crippen MR) is 72.1 cm³/mol. The summed E-state index contributed by atoms with van der Waals surface area (Å²) in [5.74, 6) is 1.57. The van der Waals surface area contributed by atoms with Gasteiger partial charge in [-0.05, 0) is 31.1 Å². The molecule has 2 N–H and O–H groups in total. The Morgan fingerprint density at radius 1 is 1.44 bits per heavy atom. The molecule has 1 aliphatic rings. The minimum absolute atomic E-state index is 0.00990. The molecule has 1 saturated carbocycles. The standard InChI is InChI=1S/C14H25N3O/c1-10-4-5-13(6-11(10)2)18-14(7-15)12-8-16-17(3)9-12/h8-11,13-14H,4-7,15H2,1-3H3. The molecular weight excluding hydrogens is 226 g/mol. The normalized spacial score (nSPS) is 30.3. The van der Waals surface area contributed by atoms with E-state index in [1.165, 1.54) is 6.42 Å². The van der Waals surface area contributed by atoms with E-state index < -0.39 is 0 Å². The van der Waals surface area contributed by atoms with Crippen molar-refractivity contribution in [3.63, 3.8) is 0 Å². The summed E-state index contributed by atoms with van der Waals surface area (Å²) in [7, 11) is 1.92. The zero-order valence-electron chi connectivity index (χ0n) is 11.7. The number of hydrogen-bond acceptors (Lipinski definition) is 3. The Morgan fingerprint density at radius 3 is 2.78 bits per heavy atom. The van der Waals surface area contributed by atoms with Crippen LogP contribution >= 0.6 is 0 Å². The van der Waals surface area contributed by atoms with Gasteiger partial charge in [-0.15, -0.1) is 0 Å². The van der Waals surface area contributed by atoms with Crippen LogP contribution in [0.15, 0.2) is 12.4 Å². The number of hydrogen-bond donors (Lipinski definition) is 1. The molecule has 4 nitrogen and oxygen atoms in total. The first-order valence-electron chi connectivity index (χ1n) is 6.94. The summed E-state index contributed by atoms with van der Waals surface area (Å²) in [5, 5.41) is 4.19. The molecule has 2 rings (SSSR count). The Kier molecular flexibility index (Phi) is 4.40. The second kappa shape index (κ2) is 5.85. The zero-order valence-corrected chi connectivity index (χ0v) is 11.7. The average molecular weight is 251 g/mol. The van der Waals surface area contributed by atoms with E-state index >= 15 is 0 Å². The lowest BCUT2D eigenvalue weighted by atomic mass is 9.80. The van der Waals surface area contributed by atoms with Crippen LogP contribution in [0.25, 0.3) is 0 Å². The fourth-order valence-electron chi connectivity index (χ4n) is 2.73. The van der Waals surface area contributed by atoms with E-state index in [9.17, 15) is 0 Å². The maximum absolute atomic E-state index is 6.18. The molecule has 0 amide bonds. The Hall–Kier alpha value is -0.870. The lowest BCUT2D eigenvalue weighted by molar-refractivity contribution is -0.0449. The molecule has 1 aromatic heterocycles. The van der Waals surface area contributed by atoms with Crippen molar-refractivity contribution in [2.75, 3.05) is 6.54 Å². The third-order valence-corrected chi connectivity index (χ3v) is 4.22. The summed E-state index contributed by atoms with van der Waals surface area (Å²) in [6, 6.07) is 0. The van der Waals surface area contributed by atoms with E-state index in [2.05, 4.69) is 18.9 Å². The molecule has 0 saturated heterocycles. The SMILES string of the molecule is CC1CCC(OC(CN)c2cnn(C)c2)CC1C. The molecule has 0 aliphatic heterocycles. The quantitative estimate of drug-likeness (QED) is 0.893. The van der Waals surface area contributed by atoms with Crippen LogP contribution in [-0.4, -0.2) is 22.4 Å². The van der Waals surface area contributed by atoms with Crippen molar-refractivity contribution in [2.45, 2.75) is 45.3 Å². The van der Waals surface area contributed by atoms with Gasteiger partial charge in [0, 0.05) is 25.4 Å². The summed E-state index contributed by atoms with van der Waals surface area (Å²) >= 11 is 0. The molecule has 1 aliphatic carbocycles. The van der Waals surface area contributed by atoms with Crippen LogP contribution in [0.5, 0.6) is 0 Å². The lowest BCUT2D eigenvalue weighted by Gasteiger charge is -2.33. The van der Waals surface area contributed by atoms with Crippen LogP contribution in [0.3, 0.4) is 0 Å². The molecule has 0 spiro atoms. The van der Waals surface area contributed by atoms with Gasteiger partial charge in [0.1, 0.15) is 0 Å². The van der Waals surface area contributed by atoms with Gasteiger partial charge in [0.2, 0.25) is 0 Å². The van der Waals surface area contributed by atoms with Crippen molar-refractivity contribution >= 4 is 0 Å². The van der Waals surface area contributed by atoms with Crippen molar-refractivity contribution in [1.29, 1.82) is 0 Å². The first kappa shape index (κ1) is 13.6. The number of aromatic nitrogens is 2. The first-order valence-corrected chi connectivity index (χ1v) is 6.94. The van der Waals surface area contributed by atoms with Crippen molar-refractivity contribution in [3.05, 3.63) is 18.0 Å². The highest BCUT2D eigenvalue weighted by Gasteiger charge is 2.27. The number of nitrogens with two attached hydrogens (primary N) is 1. The van der Waals surface area contributed by atoms with E-state index in [4.69, 9.17) is 10.5 Å². The Labute approximate surface area is 110 Å². The second-order valence-electron chi connectivity index (χ2n) is 5.70. The van der Waals surface area contributed by atoms with Crippen molar-refractivity contribution in [2.24, 2.45) is 24.6 Å². The lowest BCUT2D eigenvalue weighted by Crippen LogP contribution is -2.30. The third kappa shape index (κ3) is 3.12. The minimum atomic E-state index is -0.00990. The molecule has 4 heteroatoms. The van der Waals surface area contributed by atoms with Crippen molar-refractivity contribution in [1.82, 2.24) is 9.78 Å². The van der Waals surface area contributed by atoms with Gasteiger partial charge in [-0.1, -0.05) is 13.8 Å². The summed E-state index contributed by atoms with van der Waals surface area (Å²) in [4.78, 5) is 0. The maximum atomic E-state index is 6.18. The number of rotatable bonds is 4. The maximum Gasteiger partial charge on any atom is 0.0981 e. The van der Waals surface area contributed by atoms with Gasteiger partial charge >= 0.3 is 0 Å². The van der Waals surface area contributed by atoms with Crippen LogP contribution in [0.1, 0.15) is 44.8 Å². The van der Waals surface area contributed by atoms with E-state index in [0.717, 1.165) is 30.2 Å². The molecule has 0 bridgehead atoms. The summed E-state index contributed by atoms with van der Waals surface area (Å²) in [6.45, 7) is 5.18. The van der Waals surface area contributed by atoms with E-state index in [1.807, 2.05) is 19.4 Å². The molecule has 102 valence electrons. The highest BCUT2D eigenvalue weighted by molar-refractivity contribution is 5.08. The van der Waals surface area contributed by atoms with Gasteiger partial charge in [0.05, 0.1) is 18.4 Å². The Morgan fingerprint density at radius 2 is 2.22 bits per heavy atom. The first-order chi connectivity index (χ1) is 8.60. The summed E-state index contributed by atoms with van der Waals surface area (Å²) in [6.07, 6.45) is 7.75. The Balaban J connectivity index is 1.94. The molecule has 1 heterocycles.